The van der Waals surface area contributed by atoms with Crippen molar-refractivity contribution in [1.29, 1.82) is 0 Å². The maximum Gasteiger partial charge on any atom is 0.252 e. The van der Waals surface area contributed by atoms with E-state index in [0.29, 0.717) is 44.1 Å². The van der Waals surface area contributed by atoms with E-state index in [9.17, 15) is 4.79 Å². The summed E-state index contributed by atoms with van der Waals surface area (Å²) in [5, 5.41) is 8.16. The SMILES string of the molecule is CC(C)c1nnc([C@@H]2COCCN2C(=O)[C@H](C)OCC2CC2)o1. The molecule has 2 aliphatic rings. The summed E-state index contributed by atoms with van der Waals surface area (Å²) in [6.45, 7) is 7.87. The maximum atomic E-state index is 12.7. The summed E-state index contributed by atoms with van der Waals surface area (Å²) in [7, 11) is 0. The lowest BCUT2D eigenvalue weighted by Crippen LogP contribution is -2.47. The minimum atomic E-state index is -0.455. The van der Waals surface area contributed by atoms with Gasteiger partial charge in [0.05, 0.1) is 19.8 Å². The van der Waals surface area contributed by atoms with Crippen LogP contribution in [0.1, 0.15) is 57.4 Å². The van der Waals surface area contributed by atoms with Gasteiger partial charge >= 0.3 is 0 Å². The van der Waals surface area contributed by atoms with E-state index < -0.39 is 6.10 Å². The van der Waals surface area contributed by atoms with Crippen molar-refractivity contribution in [2.75, 3.05) is 26.4 Å². The Bertz CT molecular complexity index is 541. The van der Waals surface area contributed by atoms with E-state index in [4.69, 9.17) is 13.9 Å². The second-order valence-electron chi connectivity index (χ2n) is 6.67. The van der Waals surface area contributed by atoms with E-state index in [1.54, 1.807) is 4.90 Å². The quantitative estimate of drug-likeness (QED) is 0.796. The molecule has 0 bridgehead atoms. The molecule has 2 fully saturated rings. The zero-order valence-electron chi connectivity index (χ0n) is 14.0. The standard InChI is InChI=1S/C16H25N3O4/c1-10(2)14-17-18-15(23-14)13-9-21-7-6-19(13)16(20)11(3)22-8-12-4-5-12/h10-13H,4-9H2,1-3H3/t11-,13-/m0/s1. The summed E-state index contributed by atoms with van der Waals surface area (Å²) >= 11 is 0. The molecule has 7 nitrogen and oxygen atoms in total. The van der Waals surface area contributed by atoms with E-state index in [-0.39, 0.29) is 17.9 Å². The van der Waals surface area contributed by atoms with Crippen LogP contribution in [0.25, 0.3) is 0 Å². The molecule has 0 unspecified atom stereocenters. The topological polar surface area (TPSA) is 77.7 Å². The number of ether oxygens (including phenoxy) is 2. The molecule has 1 aliphatic heterocycles. The predicted molar refractivity (Wildman–Crippen MR) is 81.8 cm³/mol. The first-order chi connectivity index (χ1) is 11.1. The second kappa shape index (κ2) is 6.97. The van der Waals surface area contributed by atoms with Crippen molar-refractivity contribution in [2.45, 2.75) is 51.7 Å². The molecule has 1 saturated carbocycles. The Kier molecular flexibility index (Phi) is 4.96. The van der Waals surface area contributed by atoms with E-state index in [1.807, 2.05) is 20.8 Å². The Balaban J connectivity index is 1.67. The summed E-state index contributed by atoms with van der Waals surface area (Å²) in [6, 6.07) is -0.330. The van der Waals surface area contributed by atoms with Crippen LogP contribution < -0.4 is 0 Å². The minimum Gasteiger partial charge on any atom is -0.423 e. The normalized spacial score (nSPS) is 23.3. The van der Waals surface area contributed by atoms with Gasteiger partial charge in [-0.3, -0.25) is 4.79 Å². The lowest BCUT2D eigenvalue weighted by atomic mass is 10.2. The van der Waals surface area contributed by atoms with Crippen LogP contribution in [-0.2, 0) is 14.3 Å². The number of rotatable bonds is 6. The van der Waals surface area contributed by atoms with E-state index >= 15 is 0 Å². The summed E-state index contributed by atoms with van der Waals surface area (Å²) in [5.41, 5.74) is 0. The third-order valence-electron chi connectivity index (χ3n) is 4.27. The lowest BCUT2D eigenvalue weighted by Gasteiger charge is -2.35. The van der Waals surface area contributed by atoms with Crippen LogP contribution in [-0.4, -0.2) is 53.5 Å². The third-order valence-corrected chi connectivity index (χ3v) is 4.27. The zero-order valence-corrected chi connectivity index (χ0v) is 14.0. The largest absolute Gasteiger partial charge is 0.423 e. The molecule has 0 spiro atoms. The number of carbonyl (C=O) groups excluding carboxylic acids is 1. The molecule has 1 aromatic heterocycles. The molecule has 23 heavy (non-hydrogen) atoms. The van der Waals surface area contributed by atoms with Gasteiger partial charge in [0.25, 0.3) is 5.91 Å². The van der Waals surface area contributed by atoms with Gasteiger partial charge in [-0.2, -0.15) is 0 Å². The highest BCUT2D eigenvalue weighted by atomic mass is 16.5. The van der Waals surface area contributed by atoms with Crippen molar-refractivity contribution in [3.63, 3.8) is 0 Å². The molecule has 0 radical (unpaired) electrons. The highest BCUT2D eigenvalue weighted by molar-refractivity contribution is 5.81. The summed E-state index contributed by atoms with van der Waals surface area (Å²) < 4.78 is 16.9. The monoisotopic (exact) mass is 323 g/mol. The van der Waals surface area contributed by atoms with Crippen molar-refractivity contribution in [3.05, 3.63) is 11.8 Å². The van der Waals surface area contributed by atoms with Gasteiger partial charge in [0.15, 0.2) is 0 Å². The minimum absolute atomic E-state index is 0.0387. The number of morpholine rings is 1. The van der Waals surface area contributed by atoms with Gasteiger partial charge in [0.1, 0.15) is 12.1 Å². The van der Waals surface area contributed by atoms with Crippen molar-refractivity contribution in [2.24, 2.45) is 5.92 Å². The summed E-state index contributed by atoms with van der Waals surface area (Å²) in [5.74, 6) is 1.77. The molecular weight excluding hydrogens is 298 g/mol. The number of aromatic nitrogens is 2. The number of hydrogen-bond donors (Lipinski definition) is 0. The van der Waals surface area contributed by atoms with Gasteiger partial charge in [0.2, 0.25) is 11.8 Å². The smallest absolute Gasteiger partial charge is 0.252 e. The number of carbonyl (C=O) groups is 1. The summed E-state index contributed by atoms with van der Waals surface area (Å²) in [6.07, 6.45) is 1.96. The molecule has 1 saturated heterocycles. The number of nitrogens with zero attached hydrogens (tertiary/aromatic N) is 3. The van der Waals surface area contributed by atoms with Crippen molar-refractivity contribution in [3.8, 4) is 0 Å². The van der Waals surface area contributed by atoms with Crippen molar-refractivity contribution >= 4 is 5.91 Å². The molecule has 3 rings (SSSR count). The Hall–Kier alpha value is -1.47. The van der Waals surface area contributed by atoms with Crippen LogP contribution in [0.2, 0.25) is 0 Å². The van der Waals surface area contributed by atoms with Gasteiger partial charge in [-0.05, 0) is 25.7 Å². The Morgan fingerprint density at radius 1 is 1.35 bits per heavy atom. The van der Waals surface area contributed by atoms with Gasteiger partial charge in [-0.25, -0.2) is 0 Å². The molecule has 7 heteroatoms. The molecule has 2 heterocycles. The number of hydrogen-bond acceptors (Lipinski definition) is 6. The van der Waals surface area contributed by atoms with Gasteiger partial charge in [-0.15, -0.1) is 10.2 Å². The zero-order chi connectivity index (χ0) is 16.4. The molecule has 128 valence electrons. The van der Waals surface area contributed by atoms with E-state index in [1.165, 1.54) is 12.8 Å². The molecule has 0 aromatic carbocycles. The second-order valence-corrected chi connectivity index (χ2v) is 6.67. The highest BCUT2D eigenvalue weighted by Crippen LogP contribution is 2.30. The number of amides is 1. The van der Waals surface area contributed by atoms with Crippen LogP contribution in [0.5, 0.6) is 0 Å². The highest BCUT2D eigenvalue weighted by Gasteiger charge is 2.35. The molecule has 2 atom stereocenters. The fraction of sp³-hybridized carbons (Fsp3) is 0.812. The van der Waals surface area contributed by atoms with Crippen LogP contribution in [0.4, 0.5) is 0 Å². The van der Waals surface area contributed by atoms with Crippen LogP contribution in [0.3, 0.4) is 0 Å². The third kappa shape index (κ3) is 3.90. The van der Waals surface area contributed by atoms with Crippen molar-refractivity contribution < 1.29 is 18.7 Å². The van der Waals surface area contributed by atoms with Crippen LogP contribution >= 0.6 is 0 Å². The molecule has 1 aliphatic carbocycles. The fourth-order valence-corrected chi connectivity index (χ4v) is 2.56. The Morgan fingerprint density at radius 2 is 2.13 bits per heavy atom. The van der Waals surface area contributed by atoms with Gasteiger partial charge < -0.3 is 18.8 Å². The predicted octanol–water partition coefficient (Wildman–Crippen LogP) is 1.91. The molecule has 0 N–H and O–H groups in total. The van der Waals surface area contributed by atoms with Crippen LogP contribution in [0, 0.1) is 5.92 Å². The summed E-state index contributed by atoms with van der Waals surface area (Å²) in [4.78, 5) is 14.5. The van der Waals surface area contributed by atoms with Gasteiger partial charge in [-0.1, -0.05) is 13.8 Å². The van der Waals surface area contributed by atoms with E-state index in [0.717, 1.165) is 0 Å². The first kappa shape index (κ1) is 16.4. The molecular formula is C16H25N3O4. The Morgan fingerprint density at radius 3 is 2.78 bits per heavy atom. The molecule has 1 aromatic rings. The maximum absolute atomic E-state index is 12.7. The first-order valence-corrected chi connectivity index (χ1v) is 8.39. The van der Waals surface area contributed by atoms with Crippen molar-refractivity contribution in [1.82, 2.24) is 15.1 Å². The van der Waals surface area contributed by atoms with Gasteiger partial charge in [0, 0.05) is 12.5 Å². The Labute approximate surface area is 136 Å². The van der Waals surface area contributed by atoms with E-state index in [2.05, 4.69) is 10.2 Å². The van der Waals surface area contributed by atoms with Crippen LogP contribution in [0.15, 0.2) is 4.42 Å². The lowest BCUT2D eigenvalue weighted by molar-refractivity contribution is -0.152. The average Bonchev–Trinajstić information content (AvgIpc) is 3.25. The molecule has 1 amide bonds. The first-order valence-electron chi connectivity index (χ1n) is 8.39. The average molecular weight is 323 g/mol. The fourth-order valence-electron chi connectivity index (χ4n) is 2.56.